The van der Waals surface area contributed by atoms with E-state index < -0.39 is 0 Å². The maximum absolute atomic E-state index is 11.5. The van der Waals surface area contributed by atoms with Crippen LogP contribution in [0.5, 0.6) is 0 Å². The molecule has 0 aliphatic carbocycles. The van der Waals surface area contributed by atoms with Gasteiger partial charge in [0.2, 0.25) is 0 Å². The minimum atomic E-state index is -0.274. The predicted molar refractivity (Wildman–Crippen MR) is 53.4 cm³/mol. The SMILES string of the molecule is CC(C)(C)NC(=O)c1cc(C=O)c[nH]1. The number of hydrogen-bond donors (Lipinski definition) is 2. The normalized spacial score (nSPS) is 11.1. The van der Waals surface area contributed by atoms with Crippen molar-refractivity contribution in [3.63, 3.8) is 0 Å². The molecule has 1 aromatic rings. The summed E-state index contributed by atoms with van der Waals surface area (Å²) >= 11 is 0. The lowest BCUT2D eigenvalue weighted by Gasteiger charge is -2.19. The lowest BCUT2D eigenvalue weighted by atomic mass is 10.1. The zero-order valence-corrected chi connectivity index (χ0v) is 8.55. The van der Waals surface area contributed by atoms with E-state index >= 15 is 0 Å². The van der Waals surface area contributed by atoms with E-state index in [1.165, 1.54) is 12.3 Å². The summed E-state index contributed by atoms with van der Waals surface area (Å²) < 4.78 is 0. The average Bonchev–Trinajstić information content (AvgIpc) is 2.48. The lowest BCUT2D eigenvalue weighted by molar-refractivity contribution is 0.0915. The number of carbonyl (C=O) groups is 2. The van der Waals surface area contributed by atoms with Crippen molar-refractivity contribution < 1.29 is 9.59 Å². The van der Waals surface area contributed by atoms with Crippen molar-refractivity contribution in [1.82, 2.24) is 10.3 Å². The molecule has 0 spiro atoms. The standard InChI is InChI=1S/C10H14N2O2/c1-10(2,3)12-9(14)8-4-7(6-13)5-11-8/h4-6,11H,1-3H3,(H,12,14). The molecule has 4 heteroatoms. The fraction of sp³-hybridized carbons (Fsp3) is 0.400. The molecule has 14 heavy (non-hydrogen) atoms. The third-order valence-electron chi connectivity index (χ3n) is 1.57. The number of amides is 1. The van der Waals surface area contributed by atoms with Gasteiger partial charge in [0.25, 0.3) is 5.91 Å². The number of aldehydes is 1. The van der Waals surface area contributed by atoms with Crippen molar-refractivity contribution in [1.29, 1.82) is 0 Å². The Hall–Kier alpha value is -1.58. The molecule has 1 heterocycles. The smallest absolute Gasteiger partial charge is 0.268 e. The summed E-state index contributed by atoms with van der Waals surface area (Å²) in [5, 5.41) is 2.79. The van der Waals surface area contributed by atoms with Crippen LogP contribution in [0.1, 0.15) is 41.6 Å². The van der Waals surface area contributed by atoms with E-state index in [1.54, 1.807) is 0 Å². The second-order valence-electron chi connectivity index (χ2n) is 4.17. The summed E-state index contributed by atoms with van der Waals surface area (Å²) in [5.74, 6) is -0.203. The maximum Gasteiger partial charge on any atom is 0.268 e. The maximum atomic E-state index is 11.5. The van der Waals surface area contributed by atoms with Gasteiger partial charge >= 0.3 is 0 Å². The number of nitrogens with one attached hydrogen (secondary N) is 2. The Morgan fingerprint density at radius 1 is 1.50 bits per heavy atom. The second-order valence-corrected chi connectivity index (χ2v) is 4.17. The van der Waals surface area contributed by atoms with Gasteiger partial charge < -0.3 is 10.3 Å². The van der Waals surface area contributed by atoms with Crippen LogP contribution >= 0.6 is 0 Å². The van der Waals surface area contributed by atoms with Gasteiger partial charge in [0.1, 0.15) is 5.69 Å². The third-order valence-corrected chi connectivity index (χ3v) is 1.57. The Balaban J connectivity index is 2.75. The van der Waals surface area contributed by atoms with E-state index in [0.717, 1.165) is 0 Å². The summed E-state index contributed by atoms with van der Waals surface area (Å²) in [7, 11) is 0. The highest BCUT2D eigenvalue weighted by Gasteiger charge is 2.16. The summed E-state index contributed by atoms with van der Waals surface area (Å²) in [4.78, 5) is 24.6. The van der Waals surface area contributed by atoms with E-state index in [1.807, 2.05) is 20.8 Å². The Morgan fingerprint density at radius 3 is 2.57 bits per heavy atom. The molecule has 0 saturated heterocycles. The second kappa shape index (κ2) is 3.65. The summed E-state index contributed by atoms with van der Waals surface area (Å²) in [6.07, 6.45) is 2.20. The molecule has 0 radical (unpaired) electrons. The van der Waals surface area contributed by atoms with Crippen molar-refractivity contribution in [2.45, 2.75) is 26.3 Å². The topological polar surface area (TPSA) is 62.0 Å². The van der Waals surface area contributed by atoms with Crippen molar-refractivity contribution >= 4 is 12.2 Å². The van der Waals surface area contributed by atoms with Gasteiger partial charge in [-0.3, -0.25) is 9.59 Å². The van der Waals surface area contributed by atoms with Gasteiger partial charge in [-0.25, -0.2) is 0 Å². The number of H-pyrrole nitrogens is 1. The number of aromatic amines is 1. The van der Waals surface area contributed by atoms with Gasteiger partial charge in [-0.15, -0.1) is 0 Å². The fourth-order valence-electron chi connectivity index (χ4n) is 1.02. The van der Waals surface area contributed by atoms with Crippen LogP contribution in [0.3, 0.4) is 0 Å². The van der Waals surface area contributed by atoms with Crippen molar-refractivity contribution in [3.8, 4) is 0 Å². The largest absolute Gasteiger partial charge is 0.357 e. The minimum Gasteiger partial charge on any atom is -0.357 e. The Labute approximate surface area is 82.7 Å². The van der Waals surface area contributed by atoms with Gasteiger partial charge in [-0.05, 0) is 26.8 Å². The highest BCUT2D eigenvalue weighted by molar-refractivity contribution is 5.94. The highest BCUT2D eigenvalue weighted by atomic mass is 16.2. The molecule has 0 atom stereocenters. The molecule has 1 amide bonds. The molecule has 4 nitrogen and oxygen atoms in total. The van der Waals surface area contributed by atoms with Crippen LogP contribution in [0.2, 0.25) is 0 Å². The molecule has 76 valence electrons. The molecule has 0 fully saturated rings. The first-order chi connectivity index (χ1) is 6.42. The summed E-state index contributed by atoms with van der Waals surface area (Å²) in [6.45, 7) is 5.69. The molecule has 1 aromatic heterocycles. The first-order valence-electron chi connectivity index (χ1n) is 4.38. The number of carbonyl (C=O) groups excluding carboxylic acids is 2. The number of hydrogen-bond acceptors (Lipinski definition) is 2. The molecule has 0 aliphatic heterocycles. The average molecular weight is 194 g/mol. The van der Waals surface area contributed by atoms with Crippen LogP contribution in [0.25, 0.3) is 0 Å². The van der Waals surface area contributed by atoms with Crippen LogP contribution < -0.4 is 5.32 Å². The van der Waals surface area contributed by atoms with Gasteiger partial charge in [0.15, 0.2) is 6.29 Å². The molecule has 2 N–H and O–H groups in total. The van der Waals surface area contributed by atoms with Crippen LogP contribution in [0.15, 0.2) is 12.3 Å². The van der Waals surface area contributed by atoms with E-state index in [2.05, 4.69) is 10.3 Å². The van der Waals surface area contributed by atoms with Crippen LogP contribution in [0.4, 0.5) is 0 Å². The highest BCUT2D eigenvalue weighted by Crippen LogP contribution is 2.04. The van der Waals surface area contributed by atoms with E-state index in [-0.39, 0.29) is 11.4 Å². The predicted octanol–water partition coefficient (Wildman–Crippen LogP) is 1.36. The monoisotopic (exact) mass is 194 g/mol. The lowest BCUT2D eigenvalue weighted by Crippen LogP contribution is -2.40. The van der Waals surface area contributed by atoms with Gasteiger partial charge in [-0.1, -0.05) is 0 Å². The van der Waals surface area contributed by atoms with Crippen LogP contribution in [0, 0.1) is 0 Å². The van der Waals surface area contributed by atoms with Crippen LogP contribution in [-0.2, 0) is 0 Å². The Bertz CT molecular complexity index is 347. The van der Waals surface area contributed by atoms with Crippen molar-refractivity contribution in [3.05, 3.63) is 23.5 Å². The molecule has 0 aromatic carbocycles. The molecule has 0 bridgehead atoms. The molecule has 0 unspecified atom stereocenters. The van der Waals surface area contributed by atoms with Gasteiger partial charge in [0, 0.05) is 17.3 Å². The zero-order valence-electron chi connectivity index (χ0n) is 8.55. The van der Waals surface area contributed by atoms with E-state index in [0.29, 0.717) is 17.5 Å². The van der Waals surface area contributed by atoms with Gasteiger partial charge in [-0.2, -0.15) is 0 Å². The fourth-order valence-corrected chi connectivity index (χ4v) is 1.02. The Kier molecular flexibility index (Phi) is 2.74. The molecular formula is C10H14N2O2. The quantitative estimate of drug-likeness (QED) is 0.698. The minimum absolute atomic E-state index is 0.203. The third kappa shape index (κ3) is 2.73. The summed E-state index contributed by atoms with van der Waals surface area (Å²) in [5.41, 5.74) is 0.606. The molecule has 0 aliphatic rings. The van der Waals surface area contributed by atoms with E-state index in [4.69, 9.17) is 0 Å². The molecule has 1 rings (SSSR count). The first kappa shape index (κ1) is 10.5. The summed E-state index contributed by atoms with van der Waals surface area (Å²) in [6, 6.07) is 1.52. The van der Waals surface area contributed by atoms with Crippen molar-refractivity contribution in [2.24, 2.45) is 0 Å². The van der Waals surface area contributed by atoms with Gasteiger partial charge in [0.05, 0.1) is 0 Å². The zero-order chi connectivity index (χ0) is 10.8. The number of rotatable bonds is 2. The Morgan fingerprint density at radius 2 is 2.14 bits per heavy atom. The molecule has 0 saturated carbocycles. The molecular weight excluding hydrogens is 180 g/mol. The van der Waals surface area contributed by atoms with Crippen LogP contribution in [-0.4, -0.2) is 22.7 Å². The first-order valence-corrected chi connectivity index (χ1v) is 4.38. The van der Waals surface area contributed by atoms with Crippen molar-refractivity contribution in [2.75, 3.05) is 0 Å². The van der Waals surface area contributed by atoms with E-state index in [9.17, 15) is 9.59 Å². The number of aromatic nitrogens is 1.